The highest BCUT2D eigenvalue weighted by Crippen LogP contribution is 2.13. The summed E-state index contributed by atoms with van der Waals surface area (Å²) in [7, 11) is 0. The molecular weight excluding hydrogens is 220 g/mol. The smallest absolute Gasteiger partial charge is 0.0210 e. The average molecular weight is 256 g/mol. The molecule has 0 bridgehead atoms. The van der Waals surface area contributed by atoms with Gasteiger partial charge in [0, 0.05) is 6.04 Å². The fourth-order valence-corrected chi connectivity index (χ4v) is 2.48. The molecular formula is C16H36N2. The quantitative estimate of drug-likeness (QED) is 0.263. The molecule has 0 spiro atoms. The zero-order valence-electron chi connectivity index (χ0n) is 12.8. The largest absolute Gasteiger partial charge is 0.271 e. The van der Waals surface area contributed by atoms with Gasteiger partial charge in [0.15, 0.2) is 0 Å². The van der Waals surface area contributed by atoms with Gasteiger partial charge in [-0.3, -0.25) is 11.3 Å². The first-order valence-electron chi connectivity index (χ1n) is 8.31. The van der Waals surface area contributed by atoms with Gasteiger partial charge < -0.3 is 0 Å². The molecule has 3 N–H and O–H groups in total. The van der Waals surface area contributed by atoms with E-state index in [2.05, 4.69) is 19.3 Å². The minimum Gasteiger partial charge on any atom is -0.271 e. The van der Waals surface area contributed by atoms with Crippen molar-refractivity contribution in [2.75, 3.05) is 0 Å². The van der Waals surface area contributed by atoms with Crippen LogP contribution in [0.25, 0.3) is 0 Å². The highest BCUT2D eigenvalue weighted by molar-refractivity contribution is 4.63. The summed E-state index contributed by atoms with van der Waals surface area (Å²) >= 11 is 0. The van der Waals surface area contributed by atoms with Crippen LogP contribution in [0, 0.1) is 0 Å². The fraction of sp³-hybridized carbons (Fsp3) is 1.00. The number of nitrogens with two attached hydrogens (primary N) is 1. The summed E-state index contributed by atoms with van der Waals surface area (Å²) in [5, 5.41) is 0. The highest BCUT2D eigenvalue weighted by atomic mass is 15.2. The summed E-state index contributed by atoms with van der Waals surface area (Å²) in [5.41, 5.74) is 2.98. The van der Waals surface area contributed by atoms with E-state index in [4.69, 9.17) is 5.84 Å². The van der Waals surface area contributed by atoms with Crippen LogP contribution in [0.1, 0.15) is 97.3 Å². The number of nitrogens with one attached hydrogen (secondary N) is 1. The second-order valence-corrected chi connectivity index (χ2v) is 5.62. The molecule has 0 aromatic heterocycles. The molecule has 1 atom stereocenters. The Morgan fingerprint density at radius 2 is 1.06 bits per heavy atom. The van der Waals surface area contributed by atoms with Crippen LogP contribution in [0.4, 0.5) is 0 Å². The minimum absolute atomic E-state index is 0.552. The average Bonchev–Trinajstić information content (AvgIpc) is 2.40. The van der Waals surface area contributed by atoms with Crippen molar-refractivity contribution in [3.05, 3.63) is 0 Å². The van der Waals surface area contributed by atoms with Crippen molar-refractivity contribution in [1.82, 2.24) is 5.43 Å². The van der Waals surface area contributed by atoms with E-state index in [1.807, 2.05) is 0 Å². The third-order valence-corrected chi connectivity index (χ3v) is 3.80. The molecule has 0 aliphatic carbocycles. The van der Waals surface area contributed by atoms with Crippen LogP contribution >= 0.6 is 0 Å². The minimum atomic E-state index is 0.552. The molecule has 2 heteroatoms. The molecule has 18 heavy (non-hydrogen) atoms. The molecule has 0 aromatic carbocycles. The maximum Gasteiger partial charge on any atom is 0.0210 e. The van der Waals surface area contributed by atoms with Crippen molar-refractivity contribution in [2.45, 2.75) is 103 Å². The Morgan fingerprint density at radius 3 is 1.56 bits per heavy atom. The summed E-state index contributed by atoms with van der Waals surface area (Å²) < 4.78 is 0. The molecule has 1 unspecified atom stereocenters. The SMILES string of the molecule is CCCCCCCCCCC(CCCCC)NN. The van der Waals surface area contributed by atoms with Gasteiger partial charge in [-0.05, 0) is 12.8 Å². The molecule has 0 amide bonds. The van der Waals surface area contributed by atoms with Crippen LogP contribution in [0.5, 0.6) is 0 Å². The fourth-order valence-electron chi connectivity index (χ4n) is 2.48. The first kappa shape index (κ1) is 17.9. The van der Waals surface area contributed by atoms with E-state index in [9.17, 15) is 0 Å². The van der Waals surface area contributed by atoms with Gasteiger partial charge in [-0.15, -0.1) is 0 Å². The van der Waals surface area contributed by atoms with Crippen molar-refractivity contribution in [3.63, 3.8) is 0 Å². The zero-order valence-corrected chi connectivity index (χ0v) is 12.8. The summed E-state index contributed by atoms with van der Waals surface area (Å²) in [5.74, 6) is 5.60. The molecule has 0 saturated carbocycles. The Morgan fingerprint density at radius 1 is 0.667 bits per heavy atom. The monoisotopic (exact) mass is 256 g/mol. The standard InChI is InChI=1S/C16H36N2/c1-3-5-7-8-9-10-11-13-15-16(18-17)14-12-6-4-2/h16,18H,3-15,17H2,1-2H3. The number of hydrogen-bond donors (Lipinski definition) is 2. The van der Waals surface area contributed by atoms with Gasteiger partial charge in [-0.2, -0.15) is 0 Å². The lowest BCUT2D eigenvalue weighted by molar-refractivity contribution is 0.422. The Labute approximate surface area is 115 Å². The van der Waals surface area contributed by atoms with E-state index in [0.717, 1.165) is 0 Å². The Balaban J connectivity index is 3.23. The lowest BCUT2D eigenvalue weighted by Crippen LogP contribution is -2.34. The van der Waals surface area contributed by atoms with E-state index in [0.29, 0.717) is 6.04 Å². The number of hydrazine groups is 1. The topological polar surface area (TPSA) is 38.0 Å². The van der Waals surface area contributed by atoms with Crippen molar-refractivity contribution in [3.8, 4) is 0 Å². The Hall–Kier alpha value is -0.0800. The number of hydrogen-bond acceptors (Lipinski definition) is 2. The van der Waals surface area contributed by atoms with Gasteiger partial charge in [0.25, 0.3) is 0 Å². The predicted octanol–water partition coefficient (Wildman–Crippen LogP) is 4.93. The van der Waals surface area contributed by atoms with Gasteiger partial charge in [0.1, 0.15) is 0 Å². The summed E-state index contributed by atoms with van der Waals surface area (Å²) in [6.45, 7) is 4.53. The third kappa shape index (κ3) is 12.4. The highest BCUT2D eigenvalue weighted by Gasteiger charge is 2.05. The molecule has 0 aliphatic heterocycles. The molecule has 0 radical (unpaired) electrons. The zero-order chi connectivity index (χ0) is 13.5. The molecule has 0 aliphatic rings. The van der Waals surface area contributed by atoms with Crippen LogP contribution in [0.15, 0.2) is 0 Å². The van der Waals surface area contributed by atoms with Crippen molar-refractivity contribution >= 4 is 0 Å². The summed E-state index contributed by atoms with van der Waals surface area (Å²) in [6, 6.07) is 0.552. The Kier molecular flexibility index (Phi) is 14.9. The van der Waals surface area contributed by atoms with Gasteiger partial charge >= 0.3 is 0 Å². The number of rotatable bonds is 14. The summed E-state index contributed by atoms with van der Waals surface area (Å²) in [6.07, 6.45) is 17.7. The van der Waals surface area contributed by atoms with Crippen LogP contribution in [-0.4, -0.2) is 6.04 Å². The van der Waals surface area contributed by atoms with E-state index >= 15 is 0 Å². The summed E-state index contributed by atoms with van der Waals surface area (Å²) in [4.78, 5) is 0. The maximum absolute atomic E-state index is 5.60. The molecule has 0 aromatic rings. The molecule has 0 heterocycles. The molecule has 0 rings (SSSR count). The lowest BCUT2D eigenvalue weighted by atomic mass is 10.0. The maximum atomic E-state index is 5.60. The Bertz CT molecular complexity index is 148. The van der Waals surface area contributed by atoms with Crippen LogP contribution in [-0.2, 0) is 0 Å². The predicted molar refractivity (Wildman–Crippen MR) is 82.5 cm³/mol. The molecule has 0 fully saturated rings. The van der Waals surface area contributed by atoms with Gasteiger partial charge in [0.05, 0.1) is 0 Å². The molecule has 0 saturated heterocycles. The second kappa shape index (κ2) is 15.0. The van der Waals surface area contributed by atoms with Gasteiger partial charge in [-0.1, -0.05) is 84.5 Å². The normalized spacial score (nSPS) is 12.8. The lowest BCUT2D eigenvalue weighted by Gasteiger charge is -2.15. The first-order chi connectivity index (χ1) is 8.85. The van der Waals surface area contributed by atoms with E-state index in [-0.39, 0.29) is 0 Å². The first-order valence-corrected chi connectivity index (χ1v) is 8.31. The van der Waals surface area contributed by atoms with Crippen molar-refractivity contribution < 1.29 is 0 Å². The van der Waals surface area contributed by atoms with Crippen LogP contribution in [0.2, 0.25) is 0 Å². The second-order valence-electron chi connectivity index (χ2n) is 5.62. The van der Waals surface area contributed by atoms with Crippen molar-refractivity contribution in [2.24, 2.45) is 5.84 Å². The van der Waals surface area contributed by atoms with Crippen LogP contribution in [0.3, 0.4) is 0 Å². The van der Waals surface area contributed by atoms with E-state index < -0.39 is 0 Å². The molecule has 110 valence electrons. The van der Waals surface area contributed by atoms with Crippen LogP contribution < -0.4 is 11.3 Å². The molecule has 2 nitrogen and oxygen atoms in total. The van der Waals surface area contributed by atoms with Crippen molar-refractivity contribution in [1.29, 1.82) is 0 Å². The van der Waals surface area contributed by atoms with Gasteiger partial charge in [0.2, 0.25) is 0 Å². The van der Waals surface area contributed by atoms with Gasteiger partial charge in [-0.25, -0.2) is 0 Å². The van der Waals surface area contributed by atoms with E-state index in [1.54, 1.807) is 0 Å². The number of unbranched alkanes of at least 4 members (excludes halogenated alkanes) is 9. The third-order valence-electron chi connectivity index (χ3n) is 3.80. The van der Waals surface area contributed by atoms with E-state index in [1.165, 1.54) is 83.5 Å².